The predicted octanol–water partition coefficient (Wildman–Crippen LogP) is 2.94. The lowest BCUT2D eigenvalue weighted by Crippen LogP contribution is -2.30. The summed E-state index contributed by atoms with van der Waals surface area (Å²) in [5, 5.41) is 9.08. The smallest absolute Gasteiger partial charge is 0.344 e. The van der Waals surface area contributed by atoms with E-state index in [-0.39, 0.29) is 6.29 Å². The third-order valence-electron chi connectivity index (χ3n) is 4.40. The second-order valence-electron chi connectivity index (χ2n) is 6.20. The third-order valence-corrected chi connectivity index (χ3v) is 4.40. The van der Waals surface area contributed by atoms with E-state index in [0.29, 0.717) is 13.0 Å². The molecule has 0 bridgehead atoms. The maximum Gasteiger partial charge on any atom is 0.344 e. The molecule has 2 heterocycles. The Bertz CT molecular complexity index is 536. The lowest BCUT2D eigenvalue weighted by molar-refractivity contribution is -0.162. The van der Waals surface area contributed by atoms with E-state index in [1.807, 2.05) is 12.1 Å². The Balaban J connectivity index is 1.47. The maximum absolute atomic E-state index is 11.1. The van der Waals surface area contributed by atoms with Gasteiger partial charge in [-0.25, -0.2) is 4.79 Å². The van der Waals surface area contributed by atoms with Gasteiger partial charge in [-0.15, -0.1) is 0 Å². The Morgan fingerprint density at radius 3 is 3.00 bits per heavy atom. The number of aliphatic carboxylic acids is 1. The van der Waals surface area contributed by atoms with Gasteiger partial charge in [-0.05, 0) is 62.1 Å². The van der Waals surface area contributed by atoms with Gasteiger partial charge in [-0.1, -0.05) is 12.1 Å². The number of fused-ring (bicyclic) bond motifs is 1. The lowest BCUT2D eigenvalue weighted by atomic mass is 9.99. The van der Waals surface area contributed by atoms with Crippen molar-refractivity contribution >= 4 is 5.97 Å². The van der Waals surface area contributed by atoms with Crippen LogP contribution in [0.5, 0.6) is 5.75 Å². The molecule has 0 saturated carbocycles. The van der Waals surface area contributed by atoms with Crippen LogP contribution in [0, 0.1) is 0 Å². The molecule has 0 amide bonds. The highest BCUT2D eigenvalue weighted by Gasteiger charge is 2.25. The Morgan fingerprint density at radius 2 is 2.22 bits per heavy atom. The Labute approximate surface area is 136 Å². The summed E-state index contributed by atoms with van der Waals surface area (Å²) in [6.07, 6.45) is 5.65. The van der Waals surface area contributed by atoms with Crippen molar-refractivity contribution < 1.29 is 24.1 Å². The molecule has 0 radical (unpaired) electrons. The minimum atomic E-state index is -0.887. The molecule has 0 spiro atoms. The Kier molecular flexibility index (Phi) is 5.51. The van der Waals surface area contributed by atoms with E-state index in [1.54, 1.807) is 0 Å². The molecule has 1 fully saturated rings. The summed E-state index contributed by atoms with van der Waals surface area (Å²) in [6, 6.07) is 6.12. The van der Waals surface area contributed by atoms with Gasteiger partial charge in [0.2, 0.25) is 0 Å². The van der Waals surface area contributed by atoms with Crippen molar-refractivity contribution in [2.24, 2.45) is 0 Å². The van der Waals surface area contributed by atoms with E-state index in [1.165, 1.54) is 6.42 Å². The van der Waals surface area contributed by atoms with Crippen molar-refractivity contribution in [3.63, 3.8) is 0 Å². The van der Waals surface area contributed by atoms with E-state index < -0.39 is 12.1 Å². The Hall–Kier alpha value is -1.59. The summed E-state index contributed by atoms with van der Waals surface area (Å²) >= 11 is 0. The highest BCUT2D eigenvalue weighted by molar-refractivity contribution is 5.73. The van der Waals surface area contributed by atoms with Crippen LogP contribution in [0.4, 0.5) is 0 Å². The van der Waals surface area contributed by atoms with Crippen LogP contribution in [0.1, 0.15) is 43.2 Å². The summed E-state index contributed by atoms with van der Waals surface area (Å²) in [7, 11) is 0. The molecule has 1 N–H and O–H groups in total. The molecule has 2 atom stereocenters. The minimum absolute atomic E-state index is 0.0352. The fourth-order valence-electron chi connectivity index (χ4n) is 3.08. The highest BCUT2D eigenvalue weighted by atomic mass is 16.7. The van der Waals surface area contributed by atoms with E-state index in [4.69, 9.17) is 19.3 Å². The summed E-state index contributed by atoms with van der Waals surface area (Å²) in [4.78, 5) is 11.1. The van der Waals surface area contributed by atoms with Gasteiger partial charge in [-0.3, -0.25) is 0 Å². The molecule has 5 heteroatoms. The monoisotopic (exact) mass is 320 g/mol. The fraction of sp³-hybridized carbons (Fsp3) is 0.611. The largest absolute Gasteiger partial charge is 0.479 e. The molecule has 126 valence electrons. The molecule has 1 aromatic rings. The van der Waals surface area contributed by atoms with E-state index in [0.717, 1.165) is 55.6 Å². The number of hydrogen-bond donors (Lipinski definition) is 1. The SMILES string of the molecule is O=C(O)C1CCc2ccc(CCCOC3CCCCO3)cc2O1. The summed E-state index contributed by atoms with van der Waals surface area (Å²) in [5.41, 5.74) is 2.25. The predicted molar refractivity (Wildman–Crippen MR) is 84.7 cm³/mol. The molecule has 5 nitrogen and oxygen atoms in total. The van der Waals surface area contributed by atoms with Crippen LogP contribution < -0.4 is 4.74 Å². The van der Waals surface area contributed by atoms with Crippen LogP contribution in [0.25, 0.3) is 0 Å². The summed E-state index contributed by atoms with van der Waals surface area (Å²) in [6.45, 7) is 1.48. The third kappa shape index (κ3) is 4.45. The van der Waals surface area contributed by atoms with E-state index in [2.05, 4.69) is 6.07 Å². The number of carboxylic acids is 1. The average Bonchev–Trinajstić information content (AvgIpc) is 2.59. The van der Waals surface area contributed by atoms with Crippen LogP contribution in [0.3, 0.4) is 0 Å². The first kappa shape index (κ1) is 16.3. The molecular weight excluding hydrogens is 296 g/mol. The molecule has 3 rings (SSSR count). The van der Waals surface area contributed by atoms with Crippen molar-refractivity contribution in [1.82, 2.24) is 0 Å². The first-order valence-corrected chi connectivity index (χ1v) is 8.47. The van der Waals surface area contributed by atoms with Gasteiger partial charge in [0, 0.05) is 6.61 Å². The normalized spacial score (nSPS) is 23.8. The molecule has 1 saturated heterocycles. The molecule has 0 aliphatic carbocycles. The van der Waals surface area contributed by atoms with Gasteiger partial charge in [-0.2, -0.15) is 0 Å². The van der Waals surface area contributed by atoms with E-state index >= 15 is 0 Å². The van der Waals surface area contributed by atoms with Gasteiger partial charge in [0.25, 0.3) is 0 Å². The fourth-order valence-corrected chi connectivity index (χ4v) is 3.08. The van der Waals surface area contributed by atoms with Crippen LogP contribution in [-0.4, -0.2) is 36.7 Å². The van der Waals surface area contributed by atoms with Crippen molar-refractivity contribution in [3.05, 3.63) is 29.3 Å². The van der Waals surface area contributed by atoms with Crippen molar-refractivity contribution in [3.8, 4) is 5.75 Å². The zero-order valence-electron chi connectivity index (χ0n) is 13.3. The molecule has 1 aromatic carbocycles. The minimum Gasteiger partial charge on any atom is -0.479 e. The topological polar surface area (TPSA) is 65.0 Å². The second kappa shape index (κ2) is 7.79. The number of benzene rings is 1. The van der Waals surface area contributed by atoms with Gasteiger partial charge >= 0.3 is 5.97 Å². The zero-order valence-corrected chi connectivity index (χ0v) is 13.3. The van der Waals surface area contributed by atoms with E-state index in [9.17, 15) is 4.79 Å². The molecule has 2 aliphatic heterocycles. The number of aryl methyl sites for hydroxylation is 2. The number of carboxylic acid groups (broad SMARTS) is 1. The maximum atomic E-state index is 11.1. The lowest BCUT2D eigenvalue weighted by Gasteiger charge is -2.24. The van der Waals surface area contributed by atoms with Crippen molar-refractivity contribution in [2.75, 3.05) is 13.2 Å². The van der Waals surface area contributed by atoms with Crippen LogP contribution in [0.15, 0.2) is 18.2 Å². The van der Waals surface area contributed by atoms with Gasteiger partial charge in [0.15, 0.2) is 12.4 Å². The second-order valence-corrected chi connectivity index (χ2v) is 6.20. The molecule has 2 aliphatic rings. The first-order chi connectivity index (χ1) is 11.2. The number of rotatable bonds is 6. The standard InChI is InChI=1S/C18H24O5/c19-18(20)15-9-8-14-7-6-13(12-16(14)23-15)4-3-11-22-17-5-1-2-10-21-17/h6-7,12,15,17H,1-5,8-11H2,(H,19,20). The number of hydrogen-bond acceptors (Lipinski definition) is 4. The van der Waals surface area contributed by atoms with Crippen LogP contribution >= 0.6 is 0 Å². The van der Waals surface area contributed by atoms with Gasteiger partial charge in [0.1, 0.15) is 5.75 Å². The Morgan fingerprint density at radius 1 is 1.30 bits per heavy atom. The van der Waals surface area contributed by atoms with Crippen molar-refractivity contribution in [2.45, 2.75) is 57.3 Å². The number of ether oxygens (including phenoxy) is 3. The summed E-state index contributed by atoms with van der Waals surface area (Å²) in [5.74, 6) is -0.167. The quantitative estimate of drug-likeness (QED) is 0.816. The molecular formula is C18H24O5. The van der Waals surface area contributed by atoms with Crippen LogP contribution in [-0.2, 0) is 27.1 Å². The average molecular weight is 320 g/mol. The molecule has 23 heavy (non-hydrogen) atoms. The number of carbonyl (C=O) groups is 1. The first-order valence-electron chi connectivity index (χ1n) is 8.47. The summed E-state index contributed by atoms with van der Waals surface area (Å²) < 4.78 is 16.9. The zero-order chi connectivity index (χ0) is 16.1. The van der Waals surface area contributed by atoms with Crippen molar-refractivity contribution in [1.29, 1.82) is 0 Å². The highest BCUT2D eigenvalue weighted by Crippen LogP contribution is 2.29. The van der Waals surface area contributed by atoms with Gasteiger partial charge < -0.3 is 19.3 Å². The molecule has 2 unspecified atom stereocenters. The molecule has 0 aromatic heterocycles. The van der Waals surface area contributed by atoms with Crippen LogP contribution in [0.2, 0.25) is 0 Å². The van der Waals surface area contributed by atoms with Gasteiger partial charge in [0.05, 0.1) is 6.61 Å².